The summed E-state index contributed by atoms with van der Waals surface area (Å²) in [6.45, 7) is 3.76. The fourth-order valence-electron chi connectivity index (χ4n) is 2.56. The van der Waals surface area contributed by atoms with Crippen molar-refractivity contribution in [1.29, 1.82) is 0 Å². The molecule has 1 aromatic rings. The standard InChI is InChI=1S/C17H26N2O3/c1-21-10-3-11-22-16-5-2-4-14(12-16)13-19-17(20)15-6-8-18-9-7-15/h2,4-5,12,15,18H,3,6-11,13H2,1H3,(H,19,20). The van der Waals surface area contributed by atoms with Crippen molar-refractivity contribution in [2.45, 2.75) is 25.8 Å². The van der Waals surface area contributed by atoms with Gasteiger partial charge in [0.1, 0.15) is 5.75 Å². The molecule has 0 aromatic heterocycles. The van der Waals surface area contributed by atoms with E-state index in [1.165, 1.54) is 0 Å². The normalized spacial score (nSPS) is 15.5. The average molecular weight is 306 g/mol. The molecule has 0 spiro atoms. The van der Waals surface area contributed by atoms with Gasteiger partial charge in [-0.1, -0.05) is 12.1 Å². The van der Waals surface area contributed by atoms with Gasteiger partial charge in [-0.05, 0) is 43.6 Å². The zero-order valence-corrected chi connectivity index (χ0v) is 13.3. The predicted octanol–water partition coefficient (Wildman–Crippen LogP) is 1.72. The molecule has 5 heteroatoms. The summed E-state index contributed by atoms with van der Waals surface area (Å²) in [5.74, 6) is 1.15. The van der Waals surface area contributed by atoms with Crippen molar-refractivity contribution >= 4 is 5.91 Å². The highest BCUT2D eigenvalue weighted by Gasteiger charge is 2.20. The van der Waals surface area contributed by atoms with E-state index in [0.717, 1.165) is 43.7 Å². The van der Waals surface area contributed by atoms with E-state index in [1.54, 1.807) is 7.11 Å². The SMILES string of the molecule is COCCCOc1cccc(CNC(=O)C2CCNCC2)c1. The summed E-state index contributed by atoms with van der Waals surface area (Å²) < 4.78 is 10.7. The third-order valence-corrected chi connectivity index (χ3v) is 3.84. The lowest BCUT2D eigenvalue weighted by Crippen LogP contribution is -2.37. The second kappa shape index (κ2) is 9.43. The lowest BCUT2D eigenvalue weighted by molar-refractivity contribution is -0.125. The monoisotopic (exact) mass is 306 g/mol. The summed E-state index contributed by atoms with van der Waals surface area (Å²) in [5, 5.41) is 6.30. The number of hydrogen-bond acceptors (Lipinski definition) is 4. The molecule has 1 aliphatic heterocycles. The van der Waals surface area contributed by atoms with Crippen LogP contribution in [0.25, 0.3) is 0 Å². The molecule has 1 heterocycles. The number of carbonyl (C=O) groups excluding carboxylic acids is 1. The minimum absolute atomic E-state index is 0.148. The van der Waals surface area contributed by atoms with E-state index in [2.05, 4.69) is 10.6 Å². The molecule has 0 aliphatic carbocycles. The highest BCUT2D eigenvalue weighted by molar-refractivity contribution is 5.78. The lowest BCUT2D eigenvalue weighted by Gasteiger charge is -2.21. The van der Waals surface area contributed by atoms with Crippen molar-refractivity contribution in [3.8, 4) is 5.75 Å². The number of benzene rings is 1. The van der Waals surface area contributed by atoms with Crippen LogP contribution in [0, 0.1) is 5.92 Å². The Bertz CT molecular complexity index is 459. The summed E-state index contributed by atoms with van der Waals surface area (Å²) in [5.41, 5.74) is 1.06. The molecule has 2 rings (SSSR count). The molecular formula is C17H26N2O3. The Morgan fingerprint density at radius 2 is 2.14 bits per heavy atom. The molecule has 0 unspecified atom stereocenters. The van der Waals surface area contributed by atoms with E-state index < -0.39 is 0 Å². The number of methoxy groups -OCH3 is 1. The van der Waals surface area contributed by atoms with Gasteiger partial charge in [0.25, 0.3) is 0 Å². The van der Waals surface area contributed by atoms with E-state index in [1.807, 2.05) is 24.3 Å². The van der Waals surface area contributed by atoms with Gasteiger partial charge in [-0.25, -0.2) is 0 Å². The first-order valence-corrected chi connectivity index (χ1v) is 7.98. The van der Waals surface area contributed by atoms with Crippen molar-refractivity contribution in [2.75, 3.05) is 33.4 Å². The number of piperidine rings is 1. The summed E-state index contributed by atoms with van der Waals surface area (Å²) in [4.78, 5) is 12.1. The summed E-state index contributed by atoms with van der Waals surface area (Å²) >= 11 is 0. The molecule has 0 bridgehead atoms. The average Bonchev–Trinajstić information content (AvgIpc) is 2.58. The number of carbonyl (C=O) groups is 1. The Morgan fingerprint density at radius 3 is 2.91 bits per heavy atom. The Kier molecular flexibility index (Phi) is 7.19. The van der Waals surface area contributed by atoms with Gasteiger partial charge < -0.3 is 20.1 Å². The van der Waals surface area contributed by atoms with E-state index >= 15 is 0 Å². The smallest absolute Gasteiger partial charge is 0.223 e. The van der Waals surface area contributed by atoms with Crippen molar-refractivity contribution in [1.82, 2.24) is 10.6 Å². The molecule has 0 atom stereocenters. The first kappa shape index (κ1) is 16.8. The molecule has 1 aliphatic rings. The van der Waals surface area contributed by atoms with Crippen LogP contribution in [-0.4, -0.2) is 39.3 Å². The van der Waals surface area contributed by atoms with Crippen LogP contribution in [0.4, 0.5) is 0 Å². The molecule has 1 amide bonds. The Morgan fingerprint density at radius 1 is 1.32 bits per heavy atom. The maximum Gasteiger partial charge on any atom is 0.223 e. The fourth-order valence-corrected chi connectivity index (χ4v) is 2.56. The third kappa shape index (κ3) is 5.66. The summed E-state index contributed by atoms with van der Waals surface area (Å²) in [7, 11) is 1.69. The van der Waals surface area contributed by atoms with E-state index in [4.69, 9.17) is 9.47 Å². The minimum atomic E-state index is 0.148. The van der Waals surface area contributed by atoms with E-state index in [9.17, 15) is 4.79 Å². The highest BCUT2D eigenvalue weighted by atomic mass is 16.5. The van der Waals surface area contributed by atoms with Gasteiger partial charge in [-0.15, -0.1) is 0 Å². The van der Waals surface area contributed by atoms with Crippen molar-refractivity contribution < 1.29 is 14.3 Å². The maximum atomic E-state index is 12.1. The zero-order valence-electron chi connectivity index (χ0n) is 13.3. The molecule has 22 heavy (non-hydrogen) atoms. The second-order valence-electron chi connectivity index (χ2n) is 5.58. The largest absolute Gasteiger partial charge is 0.493 e. The van der Waals surface area contributed by atoms with Gasteiger partial charge in [0.2, 0.25) is 5.91 Å². The summed E-state index contributed by atoms with van der Waals surface area (Å²) in [6, 6.07) is 7.88. The van der Waals surface area contributed by atoms with Gasteiger partial charge >= 0.3 is 0 Å². The van der Waals surface area contributed by atoms with Crippen LogP contribution in [0.2, 0.25) is 0 Å². The lowest BCUT2D eigenvalue weighted by atomic mass is 9.97. The summed E-state index contributed by atoms with van der Waals surface area (Å²) in [6.07, 6.45) is 2.72. The number of nitrogens with one attached hydrogen (secondary N) is 2. The van der Waals surface area contributed by atoms with Crippen LogP contribution < -0.4 is 15.4 Å². The molecule has 5 nitrogen and oxygen atoms in total. The maximum absolute atomic E-state index is 12.1. The molecule has 1 saturated heterocycles. The van der Waals surface area contributed by atoms with Gasteiger partial charge in [-0.2, -0.15) is 0 Å². The zero-order chi connectivity index (χ0) is 15.6. The van der Waals surface area contributed by atoms with Gasteiger partial charge in [-0.3, -0.25) is 4.79 Å². The Hall–Kier alpha value is -1.59. The van der Waals surface area contributed by atoms with Gasteiger partial charge in [0.15, 0.2) is 0 Å². The number of hydrogen-bond donors (Lipinski definition) is 2. The van der Waals surface area contributed by atoms with Crippen LogP contribution in [0.5, 0.6) is 5.75 Å². The Labute approximate surface area is 132 Å². The second-order valence-corrected chi connectivity index (χ2v) is 5.58. The predicted molar refractivity (Wildman–Crippen MR) is 85.9 cm³/mol. The topological polar surface area (TPSA) is 59.6 Å². The van der Waals surface area contributed by atoms with Gasteiger partial charge in [0, 0.05) is 32.6 Å². The van der Waals surface area contributed by atoms with Crippen LogP contribution in [0.15, 0.2) is 24.3 Å². The molecular weight excluding hydrogens is 280 g/mol. The third-order valence-electron chi connectivity index (χ3n) is 3.84. The molecule has 2 N–H and O–H groups in total. The highest BCUT2D eigenvalue weighted by Crippen LogP contribution is 2.15. The van der Waals surface area contributed by atoms with Crippen LogP contribution in [0.3, 0.4) is 0 Å². The van der Waals surface area contributed by atoms with E-state index in [0.29, 0.717) is 19.8 Å². The van der Waals surface area contributed by atoms with Crippen molar-refractivity contribution in [3.05, 3.63) is 29.8 Å². The first-order valence-electron chi connectivity index (χ1n) is 7.98. The molecule has 1 aromatic carbocycles. The molecule has 0 radical (unpaired) electrons. The molecule has 1 fully saturated rings. The van der Waals surface area contributed by atoms with Crippen LogP contribution >= 0.6 is 0 Å². The van der Waals surface area contributed by atoms with Gasteiger partial charge in [0.05, 0.1) is 6.61 Å². The first-order chi connectivity index (χ1) is 10.8. The van der Waals surface area contributed by atoms with Crippen LogP contribution in [0.1, 0.15) is 24.8 Å². The minimum Gasteiger partial charge on any atom is -0.493 e. The Balaban J connectivity index is 1.76. The number of rotatable bonds is 8. The molecule has 122 valence electrons. The van der Waals surface area contributed by atoms with Crippen LogP contribution in [-0.2, 0) is 16.1 Å². The van der Waals surface area contributed by atoms with Crippen molar-refractivity contribution in [2.24, 2.45) is 5.92 Å². The number of ether oxygens (including phenoxy) is 2. The van der Waals surface area contributed by atoms with Crippen molar-refractivity contribution in [3.63, 3.8) is 0 Å². The number of amides is 1. The quantitative estimate of drug-likeness (QED) is 0.718. The van der Waals surface area contributed by atoms with E-state index in [-0.39, 0.29) is 11.8 Å². The fraction of sp³-hybridized carbons (Fsp3) is 0.588. The molecule has 0 saturated carbocycles.